The summed E-state index contributed by atoms with van der Waals surface area (Å²) in [6.07, 6.45) is 5.70. The summed E-state index contributed by atoms with van der Waals surface area (Å²) in [4.78, 5) is 0. The van der Waals surface area contributed by atoms with E-state index in [0.29, 0.717) is 0 Å². The van der Waals surface area contributed by atoms with Crippen LogP contribution in [-0.2, 0) is 6.42 Å². The summed E-state index contributed by atoms with van der Waals surface area (Å²) in [6, 6.07) is 43.5. The smallest absolute Gasteiger partial charge is 0.00703 e. The molecule has 0 saturated carbocycles. The summed E-state index contributed by atoms with van der Waals surface area (Å²) >= 11 is 0. The molecule has 0 aliphatic carbocycles. The van der Waals surface area contributed by atoms with Gasteiger partial charge in [-0.2, -0.15) is 0 Å². The predicted molar refractivity (Wildman–Crippen MR) is 138 cm³/mol. The molecule has 0 heteroatoms. The van der Waals surface area contributed by atoms with E-state index in [2.05, 4.69) is 128 Å². The molecule has 0 nitrogen and oxygen atoms in total. The van der Waals surface area contributed by atoms with Gasteiger partial charge in [0.1, 0.15) is 0 Å². The van der Waals surface area contributed by atoms with Crippen molar-refractivity contribution < 1.29 is 0 Å². The molecular formula is C32H27. The van der Waals surface area contributed by atoms with Crippen molar-refractivity contribution in [2.24, 2.45) is 0 Å². The molecule has 5 aromatic carbocycles. The Bertz CT molecular complexity index is 1290. The monoisotopic (exact) mass is 411 g/mol. The van der Waals surface area contributed by atoms with Crippen LogP contribution >= 0.6 is 0 Å². The lowest BCUT2D eigenvalue weighted by atomic mass is 9.88. The third-order valence-corrected chi connectivity index (χ3v) is 6.14. The molecule has 0 saturated heterocycles. The lowest BCUT2D eigenvalue weighted by molar-refractivity contribution is 0.820. The van der Waals surface area contributed by atoms with Gasteiger partial charge in [0.15, 0.2) is 0 Å². The van der Waals surface area contributed by atoms with Crippen molar-refractivity contribution in [2.75, 3.05) is 0 Å². The fraction of sp³-hybridized carbons (Fsp3) is 0.0938. The molecule has 0 atom stereocenters. The summed E-state index contributed by atoms with van der Waals surface area (Å²) in [5.74, 6) is 0. The van der Waals surface area contributed by atoms with E-state index in [1.807, 2.05) is 0 Å². The number of hydrogen-bond donors (Lipinski definition) is 0. The Balaban J connectivity index is 1.39. The molecular weight excluding hydrogens is 384 g/mol. The topological polar surface area (TPSA) is 0 Å². The molecule has 0 N–H and O–H groups in total. The number of hydrogen-bond acceptors (Lipinski definition) is 0. The highest BCUT2D eigenvalue weighted by atomic mass is 14.2. The van der Waals surface area contributed by atoms with Crippen molar-refractivity contribution in [2.45, 2.75) is 19.3 Å². The first-order chi connectivity index (χ1) is 15.9. The second-order valence-electron chi connectivity index (χ2n) is 8.24. The summed E-state index contributed by atoms with van der Waals surface area (Å²) in [5, 5.41) is 2.71. The quantitative estimate of drug-likeness (QED) is 0.235. The fourth-order valence-electron chi connectivity index (χ4n) is 4.59. The lowest BCUT2D eigenvalue weighted by Crippen LogP contribution is -1.94. The van der Waals surface area contributed by atoms with Crippen molar-refractivity contribution in [3.8, 4) is 22.3 Å². The molecule has 0 unspecified atom stereocenters. The highest BCUT2D eigenvalue weighted by molar-refractivity contribution is 5.87. The minimum atomic E-state index is 1.06. The summed E-state index contributed by atoms with van der Waals surface area (Å²) < 4.78 is 0. The second kappa shape index (κ2) is 9.66. The summed E-state index contributed by atoms with van der Waals surface area (Å²) in [5.41, 5.74) is 7.90. The van der Waals surface area contributed by atoms with Crippen LogP contribution in [0.2, 0.25) is 0 Å². The van der Waals surface area contributed by atoms with Crippen LogP contribution in [0.3, 0.4) is 0 Å². The van der Waals surface area contributed by atoms with Gasteiger partial charge in [-0.3, -0.25) is 0 Å². The van der Waals surface area contributed by atoms with Crippen LogP contribution in [0.15, 0.2) is 121 Å². The largest absolute Gasteiger partial charge is 0.0622 e. The molecule has 0 aliphatic rings. The van der Waals surface area contributed by atoms with Crippen molar-refractivity contribution >= 4 is 10.8 Å². The maximum absolute atomic E-state index is 2.42. The summed E-state index contributed by atoms with van der Waals surface area (Å²) in [6.45, 7) is 0. The highest BCUT2D eigenvalue weighted by Crippen LogP contribution is 2.36. The van der Waals surface area contributed by atoms with E-state index in [1.165, 1.54) is 44.2 Å². The maximum Gasteiger partial charge on any atom is -0.00703 e. The molecule has 0 amide bonds. The van der Waals surface area contributed by atoms with Gasteiger partial charge in [0, 0.05) is 0 Å². The molecule has 32 heavy (non-hydrogen) atoms. The predicted octanol–water partition coefficient (Wildman–Crippen LogP) is 8.75. The van der Waals surface area contributed by atoms with Gasteiger partial charge in [0.2, 0.25) is 0 Å². The van der Waals surface area contributed by atoms with Crippen LogP contribution in [0.4, 0.5) is 0 Å². The molecule has 155 valence electrons. The molecule has 0 spiro atoms. The molecule has 0 heterocycles. The lowest BCUT2D eigenvalue weighted by Gasteiger charge is -2.16. The first-order valence-electron chi connectivity index (χ1n) is 11.4. The van der Waals surface area contributed by atoms with Gasteiger partial charge in [0.25, 0.3) is 0 Å². The zero-order chi connectivity index (χ0) is 21.6. The molecule has 1 radical (unpaired) electrons. The Kier molecular flexibility index (Phi) is 6.12. The Morgan fingerprint density at radius 3 is 2.00 bits per heavy atom. The van der Waals surface area contributed by atoms with E-state index in [-0.39, 0.29) is 0 Å². The average molecular weight is 412 g/mol. The minimum Gasteiger partial charge on any atom is -0.0622 e. The zero-order valence-corrected chi connectivity index (χ0v) is 18.2. The van der Waals surface area contributed by atoms with Crippen LogP contribution in [0, 0.1) is 6.42 Å². The van der Waals surface area contributed by atoms with Crippen molar-refractivity contribution in [3.05, 3.63) is 139 Å². The van der Waals surface area contributed by atoms with Gasteiger partial charge < -0.3 is 0 Å². The van der Waals surface area contributed by atoms with E-state index in [4.69, 9.17) is 0 Å². The van der Waals surface area contributed by atoms with Crippen LogP contribution in [0.1, 0.15) is 24.0 Å². The first-order valence-corrected chi connectivity index (χ1v) is 11.4. The SMILES string of the molecule is [CH](CCCc1cccc2ccccc12)c1cccc(-c2ccccc2)c1-c1ccccc1. The number of aryl methyl sites for hydroxylation is 1. The fourth-order valence-corrected chi connectivity index (χ4v) is 4.59. The highest BCUT2D eigenvalue weighted by Gasteiger charge is 2.12. The molecule has 0 aromatic heterocycles. The van der Waals surface area contributed by atoms with Crippen molar-refractivity contribution in [1.29, 1.82) is 0 Å². The van der Waals surface area contributed by atoms with Gasteiger partial charge in [-0.15, -0.1) is 0 Å². The van der Waals surface area contributed by atoms with E-state index in [9.17, 15) is 0 Å². The van der Waals surface area contributed by atoms with Crippen LogP contribution in [-0.4, -0.2) is 0 Å². The second-order valence-corrected chi connectivity index (χ2v) is 8.24. The van der Waals surface area contributed by atoms with Gasteiger partial charge >= 0.3 is 0 Å². The molecule has 5 aromatic rings. The van der Waals surface area contributed by atoms with E-state index < -0.39 is 0 Å². The minimum absolute atomic E-state index is 1.06. The third kappa shape index (κ3) is 4.36. The molecule has 0 bridgehead atoms. The third-order valence-electron chi connectivity index (χ3n) is 6.14. The van der Waals surface area contributed by atoms with E-state index >= 15 is 0 Å². The standard InChI is InChI=1S/C32H27/c1-3-13-27(14-4-1)31-24-12-22-29(32(31)28-17-5-2-6-18-28)19-8-7-15-25-20-11-21-26-16-9-10-23-30(25)26/h1-6,9-14,16-24H,7-8,15H2. The van der Waals surface area contributed by atoms with Crippen LogP contribution in [0.25, 0.3) is 33.0 Å². The Hall–Kier alpha value is -3.64. The Labute approximate surface area is 191 Å². The molecule has 0 aliphatic heterocycles. The number of fused-ring (bicyclic) bond motifs is 1. The maximum atomic E-state index is 2.42. The first kappa shape index (κ1) is 20.3. The van der Waals surface area contributed by atoms with E-state index in [1.54, 1.807) is 0 Å². The average Bonchev–Trinajstić information content (AvgIpc) is 2.87. The molecule has 0 fully saturated rings. The number of rotatable bonds is 7. The van der Waals surface area contributed by atoms with Gasteiger partial charge in [-0.05, 0) is 69.8 Å². The van der Waals surface area contributed by atoms with Crippen LogP contribution in [0.5, 0.6) is 0 Å². The van der Waals surface area contributed by atoms with E-state index in [0.717, 1.165) is 19.3 Å². The van der Waals surface area contributed by atoms with Crippen molar-refractivity contribution in [1.82, 2.24) is 0 Å². The Morgan fingerprint density at radius 1 is 0.531 bits per heavy atom. The number of unbranched alkanes of at least 4 members (excludes halogenated alkanes) is 1. The van der Waals surface area contributed by atoms with Crippen LogP contribution < -0.4 is 0 Å². The van der Waals surface area contributed by atoms with Crippen molar-refractivity contribution in [3.63, 3.8) is 0 Å². The Morgan fingerprint density at radius 2 is 1.19 bits per heavy atom. The zero-order valence-electron chi connectivity index (χ0n) is 18.2. The molecule has 5 rings (SSSR count). The van der Waals surface area contributed by atoms with Gasteiger partial charge in [-0.1, -0.05) is 121 Å². The normalized spacial score (nSPS) is 11.0. The number of benzene rings is 5. The van der Waals surface area contributed by atoms with Gasteiger partial charge in [-0.25, -0.2) is 0 Å². The van der Waals surface area contributed by atoms with Gasteiger partial charge in [0.05, 0.1) is 0 Å². The summed E-state index contributed by atoms with van der Waals surface area (Å²) in [7, 11) is 0.